The highest BCUT2D eigenvalue weighted by molar-refractivity contribution is 7.91. The molecule has 0 radical (unpaired) electrons. The van der Waals surface area contributed by atoms with Gasteiger partial charge in [-0.25, -0.2) is 8.42 Å². The fourth-order valence-corrected chi connectivity index (χ4v) is 6.74. The lowest BCUT2D eigenvalue weighted by atomic mass is 9.81. The quantitative estimate of drug-likeness (QED) is 0.701. The first-order valence-electron chi connectivity index (χ1n) is 9.73. The van der Waals surface area contributed by atoms with Gasteiger partial charge in [0.15, 0.2) is 9.84 Å². The summed E-state index contributed by atoms with van der Waals surface area (Å²) in [7, 11) is -3.04. The molecule has 2 heterocycles. The lowest BCUT2D eigenvalue weighted by Gasteiger charge is -2.30. The Morgan fingerprint density at radius 2 is 2.08 bits per heavy atom. The summed E-state index contributed by atoms with van der Waals surface area (Å²) in [6, 6.07) is -0.227. The number of carboxylic acid groups (broad SMARTS) is 1. The molecule has 8 heteroatoms. The average molecular weight is 387 g/mol. The maximum absolute atomic E-state index is 12.9. The Balaban J connectivity index is 1.66. The first-order chi connectivity index (χ1) is 12.3. The number of amides is 1. The summed E-state index contributed by atoms with van der Waals surface area (Å²) in [6.07, 6.45) is 4.86. The fraction of sp³-hybridized carbons (Fsp3) is 0.889. The molecular formula is C18H30N2O5S. The third-order valence-electron chi connectivity index (χ3n) is 6.45. The van der Waals surface area contributed by atoms with Gasteiger partial charge in [-0.05, 0) is 31.6 Å². The smallest absolute Gasteiger partial charge is 0.311 e. The minimum atomic E-state index is -3.04. The van der Waals surface area contributed by atoms with Gasteiger partial charge in [0.05, 0.1) is 23.5 Å². The van der Waals surface area contributed by atoms with Crippen LogP contribution in [0.5, 0.6) is 0 Å². The number of nitrogens with zero attached hydrogens (tertiary/aromatic N) is 2. The number of sulfone groups is 1. The largest absolute Gasteiger partial charge is 0.481 e. The molecule has 0 aromatic heterocycles. The van der Waals surface area contributed by atoms with Crippen molar-refractivity contribution < 1.29 is 23.1 Å². The second kappa shape index (κ2) is 7.46. The Bertz CT molecular complexity index is 664. The Kier molecular flexibility index (Phi) is 5.63. The van der Waals surface area contributed by atoms with Crippen LogP contribution >= 0.6 is 0 Å². The monoisotopic (exact) mass is 386 g/mol. The Morgan fingerprint density at radius 3 is 2.65 bits per heavy atom. The van der Waals surface area contributed by atoms with Crippen LogP contribution in [0, 0.1) is 11.3 Å². The van der Waals surface area contributed by atoms with Crippen molar-refractivity contribution in [3.63, 3.8) is 0 Å². The van der Waals surface area contributed by atoms with Crippen molar-refractivity contribution in [1.82, 2.24) is 9.80 Å². The molecule has 2 aliphatic heterocycles. The molecule has 1 aliphatic carbocycles. The van der Waals surface area contributed by atoms with Gasteiger partial charge in [0, 0.05) is 25.7 Å². The van der Waals surface area contributed by atoms with E-state index in [-0.39, 0.29) is 35.9 Å². The minimum absolute atomic E-state index is 0.0546. The number of hydrogen-bond acceptors (Lipinski definition) is 5. The highest BCUT2D eigenvalue weighted by Gasteiger charge is 2.55. The van der Waals surface area contributed by atoms with Crippen molar-refractivity contribution in [2.24, 2.45) is 11.3 Å². The first kappa shape index (κ1) is 19.6. The average Bonchev–Trinajstić information content (AvgIpc) is 3.20. The number of unbranched alkanes of at least 4 members (excludes halogenated alkanes) is 1. The molecule has 2 saturated heterocycles. The van der Waals surface area contributed by atoms with E-state index in [0.717, 1.165) is 25.7 Å². The van der Waals surface area contributed by atoms with Gasteiger partial charge in [0.25, 0.3) is 0 Å². The standard InChI is InChI=1S/C18H30N2O5S/c1-2-3-8-20(15-6-9-26(24,25)12-15)16(21)11-19-10-14-5-4-7-18(14,13-19)17(22)23/h14-15H,2-13H2,1H3,(H,22,23)/t14-,15?,18+/m0/s1. The zero-order valence-electron chi connectivity index (χ0n) is 15.5. The predicted octanol–water partition coefficient (Wildman–Crippen LogP) is 0.989. The van der Waals surface area contributed by atoms with E-state index >= 15 is 0 Å². The van der Waals surface area contributed by atoms with Gasteiger partial charge in [-0.15, -0.1) is 0 Å². The second-order valence-electron chi connectivity index (χ2n) is 8.22. The molecular weight excluding hydrogens is 356 g/mol. The van der Waals surface area contributed by atoms with E-state index in [4.69, 9.17) is 0 Å². The molecule has 1 N–H and O–H groups in total. The van der Waals surface area contributed by atoms with Gasteiger partial charge in [-0.1, -0.05) is 19.8 Å². The maximum Gasteiger partial charge on any atom is 0.311 e. The lowest BCUT2D eigenvalue weighted by molar-refractivity contribution is -0.149. The van der Waals surface area contributed by atoms with Crippen molar-refractivity contribution in [3.05, 3.63) is 0 Å². The molecule has 3 fully saturated rings. The molecule has 1 unspecified atom stereocenters. The number of likely N-dealkylation sites (tertiary alicyclic amines) is 1. The molecule has 3 rings (SSSR count). The van der Waals surface area contributed by atoms with E-state index < -0.39 is 21.2 Å². The number of aliphatic carboxylic acids is 1. The third kappa shape index (κ3) is 3.76. The van der Waals surface area contributed by atoms with Crippen LogP contribution in [0.1, 0.15) is 45.4 Å². The molecule has 148 valence electrons. The zero-order valence-corrected chi connectivity index (χ0v) is 16.3. The van der Waals surface area contributed by atoms with Gasteiger partial charge in [-0.3, -0.25) is 14.5 Å². The highest BCUT2D eigenvalue weighted by Crippen LogP contribution is 2.48. The Labute approximate surface area is 155 Å². The van der Waals surface area contributed by atoms with Crippen molar-refractivity contribution in [2.75, 3.05) is 37.7 Å². The summed E-state index contributed by atoms with van der Waals surface area (Å²) >= 11 is 0. The SMILES string of the molecule is CCCCN(C(=O)CN1C[C@@H]2CCC[C@@]2(C(=O)O)C1)C1CCS(=O)(=O)C1. The molecule has 0 bridgehead atoms. The second-order valence-corrected chi connectivity index (χ2v) is 10.4. The van der Waals surface area contributed by atoms with Gasteiger partial charge in [0.1, 0.15) is 0 Å². The van der Waals surface area contributed by atoms with E-state index in [1.54, 1.807) is 4.90 Å². The number of carbonyl (C=O) groups is 2. The highest BCUT2D eigenvalue weighted by atomic mass is 32.2. The summed E-state index contributed by atoms with van der Waals surface area (Å²) in [6.45, 7) is 3.92. The number of carboxylic acids is 1. The van der Waals surface area contributed by atoms with E-state index in [2.05, 4.69) is 0 Å². The van der Waals surface area contributed by atoms with Crippen molar-refractivity contribution in [1.29, 1.82) is 0 Å². The molecule has 1 amide bonds. The number of fused-ring (bicyclic) bond motifs is 1. The van der Waals surface area contributed by atoms with Crippen LogP contribution in [0.4, 0.5) is 0 Å². The van der Waals surface area contributed by atoms with Crippen LogP contribution in [-0.2, 0) is 19.4 Å². The molecule has 0 spiro atoms. The van der Waals surface area contributed by atoms with E-state index in [9.17, 15) is 23.1 Å². The van der Waals surface area contributed by atoms with Crippen molar-refractivity contribution in [2.45, 2.75) is 51.5 Å². The number of carbonyl (C=O) groups excluding carboxylic acids is 1. The van der Waals surface area contributed by atoms with Gasteiger partial charge in [-0.2, -0.15) is 0 Å². The van der Waals surface area contributed by atoms with Gasteiger partial charge < -0.3 is 10.0 Å². The van der Waals surface area contributed by atoms with Gasteiger partial charge in [0.2, 0.25) is 5.91 Å². The van der Waals surface area contributed by atoms with Crippen LogP contribution in [-0.4, -0.2) is 78.9 Å². The molecule has 3 atom stereocenters. The lowest BCUT2D eigenvalue weighted by Crippen LogP contribution is -2.47. The van der Waals surface area contributed by atoms with E-state index in [1.807, 2.05) is 11.8 Å². The first-order valence-corrected chi connectivity index (χ1v) is 11.6. The number of hydrogen-bond donors (Lipinski definition) is 1. The van der Waals surface area contributed by atoms with Crippen LogP contribution in [0.15, 0.2) is 0 Å². The summed E-state index contributed by atoms with van der Waals surface area (Å²) < 4.78 is 23.6. The fourth-order valence-electron chi connectivity index (χ4n) is 5.01. The topological polar surface area (TPSA) is 95.0 Å². The Morgan fingerprint density at radius 1 is 1.31 bits per heavy atom. The molecule has 0 aromatic rings. The molecule has 26 heavy (non-hydrogen) atoms. The summed E-state index contributed by atoms with van der Waals surface area (Å²) in [5.74, 6) is -0.449. The third-order valence-corrected chi connectivity index (χ3v) is 8.20. The molecule has 0 aromatic carbocycles. The maximum atomic E-state index is 12.9. The van der Waals surface area contributed by atoms with E-state index in [0.29, 0.717) is 32.5 Å². The van der Waals surface area contributed by atoms with Crippen molar-refractivity contribution in [3.8, 4) is 0 Å². The van der Waals surface area contributed by atoms with Crippen LogP contribution in [0.3, 0.4) is 0 Å². The Hall–Kier alpha value is -1.15. The van der Waals surface area contributed by atoms with Crippen molar-refractivity contribution >= 4 is 21.7 Å². The molecule has 7 nitrogen and oxygen atoms in total. The predicted molar refractivity (Wildman–Crippen MR) is 97.5 cm³/mol. The molecule has 1 saturated carbocycles. The van der Waals surface area contributed by atoms with Gasteiger partial charge >= 0.3 is 5.97 Å². The van der Waals surface area contributed by atoms with Crippen LogP contribution in [0.2, 0.25) is 0 Å². The summed E-state index contributed by atoms with van der Waals surface area (Å²) in [4.78, 5) is 28.5. The minimum Gasteiger partial charge on any atom is -0.481 e. The molecule has 3 aliphatic rings. The van der Waals surface area contributed by atoms with E-state index in [1.165, 1.54) is 0 Å². The summed E-state index contributed by atoms with van der Waals surface area (Å²) in [5.41, 5.74) is -0.689. The zero-order chi connectivity index (χ0) is 18.9. The van der Waals surface area contributed by atoms with Crippen LogP contribution in [0.25, 0.3) is 0 Å². The normalized spacial score (nSPS) is 33.3. The number of rotatable bonds is 7. The summed E-state index contributed by atoms with van der Waals surface area (Å²) in [5, 5.41) is 9.69. The van der Waals surface area contributed by atoms with Crippen LogP contribution < -0.4 is 0 Å².